The SMILES string of the molecule is Nc1cc(C2CCS(=O)(=O)C2)on1. The minimum atomic E-state index is -2.86. The number of anilines is 1. The van der Waals surface area contributed by atoms with Crippen molar-refractivity contribution in [1.29, 1.82) is 0 Å². The molecule has 1 aromatic rings. The maximum absolute atomic E-state index is 11.1. The third kappa shape index (κ3) is 1.67. The first-order chi connectivity index (χ1) is 6.07. The van der Waals surface area contributed by atoms with Crippen LogP contribution in [0.2, 0.25) is 0 Å². The molecule has 6 heteroatoms. The van der Waals surface area contributed by atoms with E-state index in [0.29, 0.717) is 18.0 Å². The number of rotatable bonds is 1. The standard InChI is InChI=1S/C7H10N2O3S/c8-7-3-6(12-9-7)5-1-2-13(10,11)4-5/h3,5H,1-2,4H2,(H2,8,9). The van der Waals surface area contributed by atoms with Gasteiger partial charge in [-0.2, -0.15) is 0 Å². The molecule has 1 aromatic heterocycles. The molecular weight excluding hydrogens is 192 g/mol. The first-order valence-corrected chi connectivity index (χ1v) is 5.81. The van der Waals surface area contributed by atoms with E-state index in [1.54, 1.807) is 6.07 Å². The lowest BCUT2D eigenvalue weighted by molar-refractivity contribution is 0.369. The van der Waals surface area contributed by atoms with E-state index in [2.05, 4.69) is 5.16 Å². The minimum Gasteiger partial charge on any atom is -0.381 e. The van der Waals surface area contributed by atoms with Crippen molar-refractivity contribution >= 4 is 15.7 Å². The Hall–Kier alpha value is -1.04. The van der Waals surface area contributed by atoms with Crippen molar-refractivity contribution in [3.05, 3.63) is 11.8 Å². The van der Waals surface area contributed by atoms with Crippen LogP contribution in [0.25, 0.3) is 0 Å². The summed E-state index contributed by atoms with van der Waals surface area (Å²) in [5, 5.41) is 3.52. The molecule has 2 N–H and O–H groups in total. The van der Waals surface area contributed by atoms with E-state index in [0.717, 1.165) is 0 Å². The monoisotopic (exact) mass is 202 g/mol. The number of hydrogen-bond acceptors (Lipinski definition) is 5. The van der Waals surface area contributed by atoms with Gasteiger partial charge < -0.3 is 10.3 Å². The first-order valence-electron chi connectivity index (χ1n) is 3.99. The van der Waals surface area contributed by atoms with Gasteiger partial charge in [-0.1, -0.05) is 5.16 Å². The van der Waals surface area contributed by atoms with Gasteiger partial charge in [0.05, 0.1) is 11.5 Å². The Bertz CT molecular complexity index is 409. The van der Waals surface area contributed by atoms with Gasteiger partial charge in [0.15, 0.2) is 15.7 Å². The number of hydrogen-bond donors (Lipinski definition) is 1. The Morgan fingerprint density at radius 2 is 2.38 bits per heavy atom. The highest BCUT2D eigenvalue weighted by Crippen LogP contribution is 2.29. The van der Waals surface area contributed by atoms with Gasteiger partial charge in [0.2, 0.25) is 0 Å². The molecule has 0 bridgehead atoms. The maximum Gasteiger partial charge on any atom is 0.167 e. The van der Waals surface area contributed by atoms with E-state index >= 15 is 0 Å². The van der Waals surface area contributed by atoms with Crippen LogP contribution in [0, 0.1) is 0 Å². The van der Waals surface area contributed by atoms with Crippen molar-refractivity contribution in [2.24, 2.45) is 0 Å². The van der Waals surface area contributed by atoms with E-state index in [9.17, 15) is 8.42 Å². The summed E-state index contributed by atoms with van der Waals surface area (Å²) >= 11 is 0. The fourth-order valence-electron chi connectivity index (χ4n) is 1.52. The molecule has 0 aromatic carbocycles. The molecular formula is C7H10N2O3S. The molecule has 1 aliphatic heterocycles. The van der Waals surface area contributed by atoms with Crippen LogP contribution >= 0.6 is 0 Å². The average Bonchev–Trinajstić information content (AvgIpc) is 2.56. The summed E-state index contributed by atoms with van der Waals surface area (Å²) < 4.78 is 27.2. The summed E-state index contributed by atoms with van der Waals surface area (Å²) in [4.78, 5) is 0. The second kappa shape index (κ2) is 2.73. The van der Waals surface area contributed by atoms with E-state index in [1.165, 1.54) is 0 Å². The summed E-state index contributed by atoms with van der Waals surface area (Å²) in [7, 11) is -2.86. The van der Waals surface area contributed by atoms with Crippen molar-refractivity contribution in [3.63, 3.8) is 0 Å². The highest BCUT2D eigenvalue weighted by Gasteiger charge is 2.31. The molecule has 0 aliphatic carbocycles. The van der Waals surface area contributed by atoms with Gasteiger partial charge >= 0.3 is 0 Å². The number of aromatic nitrogens is 1. The number of nitrogen functional groups attached to an aromatic ring is 1. The molecule has 1 fully saturated rings. The smallest absolute Gasteiger partial charge is 0.167 e. The van der Waals surface area contributed by atoms with Gasteiger partial charge in [0.1, 0.15) is 5.76 Å². The zero-order valence-electron chi connectivity index (χ0n) is 6.93. The van der Waals surface area contributed by atoms with Gasteiger partial charge in [-0.05, 0) is 6.42 Å². The molecule has 72 valence electrons. The number of sulfone groups is 1. The summed E-state index contributed by atoms with van der Waals surface area (Å²) in [6, 6.07) is 1.59. The molecule has 13 heavy (non-hydrogen) atoms. The Kier molecular flexibility index (Phi) is 1.80. The van der Waals surface area contributed by atoms with E-state index < -0.39 is 9.84 Å². The fraction of sp³-hybridized carbons (Fsp3) is 0.571. The van der Waals surface area contributed by atoms with E-state index in [1.807, 2.05) is 0 Å². The van der Waals surface area contributed by atoms with Gasteiger partial charge in [0, 0.05) is 12.0 Å². The third-order valence-corrected chi connectivity index (χ3v) is 3.95. The lowest BCUT2D eigenvalue weighted by atomic mass is 10.1. The third-order valence-electron chi connectivity index (χ3n) is 2.18. The fourth-order valence-corrected chi connectivity index (χ4v) is 3.27. The van der Waals surface area contributed by atoms with Crippen LogP contribution in [0.15, 0.2) is 10.6 Å². The van der Waals surface area contributed by atoms with Crippen LogP contribution < -0.4 is 5.73 Å². The quantitative estimate of drug-likeness (QED) is 0.701. The van der Waals surface area contributed by atoms with Gasteiger partial charge in [-0.25, -0.2) is 8.42 Å². The zero-order chi connectivity index (χ0) is 9.47. The van der Waals surface area contributed by atoms with Crippen LogP contribution in [0.3, 0.4) is 0 Å². The van der Waals surface area contributed by atoms with Gasteiger partial charge in [0.25, 0.3) is 0 Å². The molecule has 5 nitrogen and oxygen atoms in total. The van der Waals surface area contributed by atoms with Crippen LogP contribution in [0.5, 0.6) is 0 Å². The second-order valence-corrected chi connectivity index (χ2v) is 5.48. The van der Waals surface area contributed by atoms with Crippen molar-refractivity contribution in [1.82, 2.24) is 5.16 Å². The number of nitrogens with zero attached hydrogens (tertiary/aromatic N) is 1. The van der Waals surface area contributed by atoms with E-state index in [4.69, 9.17) is 10.3 Å². The minimum absolute atomic E-state index is 0.0604. The molecule has 1 atom stereocenters. The van der Waals surface area contributed by atoms with Crippen LogP contribution in [0.4, 0.5) is 5.82 Å². The van der Waals surface area contributed by atoms with Crippen molar-refractivity contribution in [2.45, 2.75) is 12.3 Å². The molecule has 1 unspecified atom stereocenters. The van der Waals surface area contributed by atoms with Crippen LogP contribution in [-0.4, -0.2) is 25.1 Å². The highest BCUT2D eigenvalue weighted by atomic mass is 32.2. The molecule has 1 aliphatic rings. The molecule has 0 saturated carbocycles. The summed E-state index contributed by atoms with van der Waals surface area (Å²) in [5.41, 5.74) is 5.36. The molecule has 1 saturated heterocycles. The Labute approximate surface area is 75.8 Å². The predicted octanol–water partition coefficient (Wildman–Crippen LogP) is 0.159. The zero-order valence-corrected chi connectivity index (χ0v) is 7.75. The number of nitrogens with two attached hydrogens (primary N) is 1. The second-order valence-electron chi connectivity index (χ2n) is 3.25. The first kappa shape index (κ1) is 8.55. The molecule has 0 amide bonds. The topological polar surface area (TPSA) is 86.2 Å². The lowest BCUT2D eigenvalue weighted by Crippen LogP contribution is -2.02. The van der Waals surface area contributed by atoms with Gasteiger partial charge in [-0.3, -0.25) is 0 Å². The van der Waals surface area contributed by atoms with Gasteiger partial charge in [-0.15, -0.1) is 0 Å². The summed E-state index contributed by atoms with van der Waals surface area (Å²) in [6.07, 6.45) is 0.608. The summed E-state index contributed by atoms with van der Waals surface area (Å²) in [5.74, 6) is 1.22. The summed E-state index contributed by atoms with van der Waals surface area (Å²) in [6.45, 7) is 0. The molecule has 2 rings (SSSR count). The van der Waals surface area contributed by atoms with Crippen LogP contribution in [0.1, 0.15) is 18.1 Å². The Morgan fingerprint density at radius 1 is 1.62 bits per heavy atom. The lowest BCUT2D eigenvalue weighted by Gasteiger charge is -1.98. The van der Waals surface area contributed by atoms with Crippen molar-refractivity contribution in [3.8, 4) is 0 Å². The maximum atomic E-state index is 11.1. The normalized spacial score (nSPS) is 26.3. The Morgan fingerprint density at radius 3 is 2.85 bits per heavy atom. The molecule has 0 radical (unpaired) electrons. The van der Waals surface area contributed by atoms with Crippen LogP contribution in [-0.2, 0) is 9.84 Å². The van der Waals surface area contributed by atoms with Crippen molar-refractivity contribution < 1.29 is 12.9 Å². The molecule has 2 heterocycles. The predicted molar refractivity (Wildman–Crippen MR) is 46.9 cm³/mol. The Balaban J connectivity index is 2.21. The molecule has 0 spiro atoms. The highest BCUT2D eigenvalue weighted by molar-refractivity contribution is 7.91. The average molecular weight is 202 g/mol. The largest absolute Gasteiger partial charge is 0.381 e. The van der Waals surface area contributed by atoms with E-state index in [-0.39, 0.29) is 17.4 Å². The van der Waals surface area contributed by atoms with Crippen molar-refractivity contribution in [2.75, 3.05) is 17.2 Å².